The van der Waals surface area contributed by atoms with Crippen LogP contribution in [-0.2, 0) is 0 Å². The van der Waals surface area contributed by atoms with E-state index in [1.165, 1.54) is 0 Å². The van der Waals surface area contributed by atoms with Crippen molar-refractivity contribution in [2.24, 2.45) is 0 Å². The second-order valence-electron chi connectivity index (χ2n) is 3.10. The molecular formula is C8H18FN. The average molecular weight is 147 g/mol. The van der Waals surface area contributed by atoms with E-state index in [1.54, 1.807) is 0 Å². The summed E-state index contributed by atoms with van der Waals surface area (Å²) in [5.74, 6) is 0. The minimum absolute atomic E-state index is 0.542. The Labute approximate surface area is 63.2 Å². The molecule has 0 bridgehead atoms. The zero-order chi connectivity index (χ0) is 8.20. The van der Waals surface area contributed by atoms with E-state index in [0.29, 0.717) is 19.4 Å². The first-order valence-corrected chi connectivity index (χ1v) is 3.87. The molecule has 0 aliphatic rings. The van der Waals surface area contributed by atoms with E-state index in [9.17, 15) is 4.39 Å². The van der Waals surface area contributed by atoms with Crippen molar-refractivity contribution < 1.29 is 4.39 Å². The number of nitrogens with zero attached hydrogens (tertiary/aromatic N) is 1. The number of rotatable bonds is 4. The summed E-state index contributed by atoms with van der Waals surface area (Å²) in [6.07, 6.45) is 1.23. The third-order valence-electron chi connectivity index (χ3n) is 1.87. The lowest BCUT2D eigenvalue weighted by atomic mass is 9.99. The first-order valence-electron chi connectivity index (χ1n) is 3.87. The molecule has 0 aromatic heterocycles. The van der Waals surface area contributed by atoms with Crippen molar-refractivity contribution in [1.82, 2.24) is 4.90 Å². The Kier molecular flexibility index (Phi) is 3.87. The Bertz CT molecular complexity index is 87.3. The molecule has 0 saturated heterocycles. The Hall–Kier alpha value is -0.110. The molecule has 0 heterocycles. The first kappa shape index (κ1) is 9.89. The number of alkyl halides is 1. The maximum absolute atomic E-state index is 13.5. The summed E-state index contributed by atoms with van der Waals surface area (Å²) in [4.78, 5) is 1.90. The van der Waals surface area contributed by atoms with Crippen LogP contribution in [0.4, 0.5) is 4.39 Å². The normalized spacial score (nSPS) is 12.6. The summed E-state index contributed by atoms with van der Waals surface area (Å²) in [6, 6.07) is 0. The summed E-state index contributed by atoms with van der Waals surface area (Å²) in [5.41, 5.74) is -0.969. The largest absolute Gasteiger partial charge is 0.306 e. The number of hydrogen-bond donors (Lipinski definition) is 0. The number of halogens is 1. The molecule has 0 atom stereocenters. The minimum atomic E-state index is -0.969. The highest BCUT2D eigenvalue weighted by Gasteiger charge is 2.25. The van der Waals surface area contributed by atoms with Crippen LogP contribution in [-0.4, -0.2) is 31.2 Å². The Morgan fingerprint density at radius 3 is 1.70 bits per heavy atom. The zero-order valence-electron chi connectivity index (χ0n) is 7.45. The van der Waals surface area contributed by atoms with Gasteiger partial charge >= 0.3 is 0 Å². The third-order valence-corrected chi connectivity index (χ3v) is 1.87. The van der Waals surface area contributed by atoms with Gasteiger partial charge in [-0.05, 0) is 26.9 Å². The zero-order valence-corrected chi connectivity index (χ0v) is 7.45. The van der Waals surface area contributed by atoms with Crippen molar-refractivity contribution in [3.63, 3.8) is 0 Å². The Balaban J connectivity index is 3.80. The molecule has 0 aromatic carbocycles. The van der Waals surface area contributed by atoms with Gasteiger partial charge in [0.2, 0.25) is 0 Å². The van der Waals surface area contributed by atoms with Crippen LogP contribution >= 0.6 is 0 Å². The van der Waals surface area contributed by atoms with Crippen LogP contribution in [0.1, 0.15) is 26.7 Å². The van der Waals surface area contributed by atoms with Crippen molar-refractivity contribution in [2.45, 2.75) is 32.4 Å². The van der Waals surface area contributed by atoms with Gasteiger partial charge in [-0.1, -0.05) is 13.8 Å². The van der Waals surface area contributed by atoms with Gasteiger partial charge in [0.05, 0.1) is 0 Å². The van der Waals surface area contributed by atoms with E-state index in [1.807, 2.05) is 32.8 Å². The second-order valence-corrected chi connectivity index (χ2v) is 3.10. The monoisotopic (exact) mass is 147 g/mol. The van der Waals surface area contributed by atoms with Gasteiger partial charge in [-0.25, -0.2) is 4.39 Å². The summed E-state index contributed by atoms with van der Waals surface area (Å²) in [5, 5.41) is 0. The predicted molar refractivity (Wildman–Crippen MR) is 43.0 cm³/mol. The Morgan fingerprint density at radius 1 is 1.20 bits per heavy atom. The standard InChI is InChI=1S/C8H18FN/c1-5-8(9,6-2)7-10(3)4/h5-7H2,1-4H3. The van der Waals surface area contributed by atoms with Gasteiger partial charge in [0.1, 0.15) is 5.67 Å². The van der Waals surface area contributed by atoms with E-state index in [4.69, 9.17) is 0 Å². The Morgan fingerprint density at radius 2 is 1.60 bits per heavy atom. The molecule has 0 fully saturated rings. The SMILES string of the molecule is CCC(F)(CC)CN(C)C. The third kappa shape index (κ3) is 3.16. The molecule has 0 saturated carbocycles. The maximum Gasteiger partial charge on any atom is 0.123 e. The lowest BCUT2D eigenvalue weighted by Crippen LogP contribution is -2.34. The molecule has 1 nitrogen and oxygen atoms in total. The summed E-state index contributed by atoms with van der Waals surface area (Å²) < 4.78 is 13.5. The van der Waals surface area contributed by atoms with E-state index in [-0.39, 0.29) is 0 Å². The first-order chi connectivity index (χ1) is 4.54. The molecular weight excluding hydrogens is 129 g/mol. The lowest BCUT2D eigenvalue weighted by Gasteiger charge is -2.25. The van der Waals surface area contributed by atoms with Gasteiger partial charge in [-0.3, -0.25) is 0 Å². The van der Waals surface area contributed by atoms with Gasteiger partial charge in [-0.15, -0.1) is 0 Å². The molecule has 0 rings (SSSR count). The highest BCUT2D eigenvalue weighted by atomic mass is 19.1. The van der Waals surface area contributed by atoms with E-state index in [2.05, 4.69) is 0 Å². The van der Waals surface area contributed by atoms with Crippen LogP contribution in [0.15, 0.2) is 0 Å². The quantitative estimate of drug-likeness (QED) is 0.588. The second kappa shape index (κ2) is 3.91. The molecule has 0 spiro atoms. The molecule has 0 N–H and O–H groups in total. The van der Waals surface area contributed by atoms with Crippen molar-refractivity contribution in [3.05, 3.63) is 0 Å². The van der Waals surface area contributed by atoms with E-state index < -0.39 is 5.67 Å². The van der Waals surface area contributed by atoms with E-state index >= 15 is 0 Å². The van der Waals surface area contributed by atoms with Gasteiger partial charge in [0.25, 0.3) is 0 Å². The van der Waals surface area contributed by atoms with Gasteiger partial charge in [0, 0.05) is 6.54 Å². The molecule has 0 amide bonds. The summed E-state index contributed by atoms with van der Waals surface area (Å²) in [6.45, 7) is 4.33. The highest BCUT2D eigenvalue weighted by Crippen LogP contribution is 2.20. The van der Waals surface area contributed by atoms with Crippen molar-refractivity contribution >= 4 is 0 Å². The predicted octanol–water partition coefficient (Wildman–Crippen LogP) is 2.08. The fourth-order valence-corrected chi connectivity index (χ4v) is 1.04. The van der Waals surface area contributed by atoms with Crippen molar-refractivity contribution in [1.29, 1.82) is 0 Å². The summed E-state index contributed by atoms with van der Waals surface area (Å²) in [7, 11) is 3.80. The van der Waals surface area contributed by atoms with Gasteiger partial charge in [0.15, 0.2) is 0 Å². The van der Waals surface area contributed by atoms with Crippen molar-refractivity contribution in [2.75, 3.05) is 20.6 Å². The van der Waals surface area contributed by atoms with Crippen LogP contribution in [0.2, 0.25) is 0 Å². The molecule has 10 heavy (non-hydrogen) atoms. The van der Waals surface area contributed by atoms with Gasteiger partial charge in [-0.2, -0.15) is 0 Å². The fourth-order valence-electron chi connectivity index (χ4n) is 1.04. The smallest absolute Gasteiger partial charge is 0.123 e. The molecule has 0 aromatic rings. The average Bonchev–Trinajstić information content (AvgIpc) is 1.87. The molecule has 62 valence electrons. The topological polar surface area (TPSA) is 3.24 Å². The lowest BCUT2D eigenvalue weighted by molar-refractivity contribution is 0.108. The molecule has 0 aliphatic heterocycles. The number of hydrogen-bond acceptors (Lipinski definition) is 1. The maximum atomic E-state index is 13.5. The van der Waals surface area contributed by atoms with Crippen LogP contribution in [0, 0.1) is 0 Å². The molecule has 2 heteroatoms. The van der Waals surface area contributed by atoms with E-state index in [0.717, 1.165) is 0 Å². The van der Waals surface area contributed by atoms with Crippen LogP contribution in [0.5, 0.6) is 0 Å². The van der Waals surface area contributed by atoms with Crippen LogP contribution < -0.4 is 0 Å². The molecule has 0 unspecified atom stereocenters. The minimum Gasteiger partial charge on any atom is -0.306 e. The fraction of sp³-hybridized carbons (Fsp3) is 1.00. The molecule has 0 aliphatic carbocycles. The van der Waals surface area contributed by atoms with Crippen molar-refractivity contribution in [3.8, 4) is 0 Å². The van der Waals surface area contributed by atoms with Crippen LogP contribution in [0.25, 0.3) is 0 Å². The van der Waals surface area contributed by atoms with Crippen LogP contribution in [0.3, 0.4) is 0 Å². The molecule has 0 radical (unpaired) electrons. The summed E-state index contributed by atoms with van der Waals surface area (Å²) >= 11 is 0. The highest BCUT2D eigenvalue weighted by molar-refractivity contribution is 4.77. The van der Waals surface area contributed by atoms with Gasteiger partial charge < -0.3 is 4.90 Å².